The number of aliphatic hydroxyl groups excluding tert-OH is 3. The third-order valence-electron chi connectivity index (χ3n) is 11.7. The molecule has 0 spiro atoms. The Morgan fingerprint density at radius 3 is 2.67 bits per heavy atom. The van der Waals surface area contributed by atoms with Crippen LogP contribution in [-0.2, 0) is 6.42 Å². The summed E-state index contributed by atoms with van der Waals surface area (Å²) in [7, 11) is 0. The second kappa shape index (κ2) is 9.19. The number of hydrogen-bond acceptors (Lipinski definition) is 5. The number of aliphatic hydroxyl groups is 3. The molecule has 1 aromatic carbocycles. The van der Waals surface area contributed by atoms with Crippen molar-refractivity contribution >= 4 is 33.2 Å². The molecule has 6 rings (SSSR count). The van der Waals surface area contributed by atoms with E-state index in [1.54, 1.807) is 11.3 Å². The fourth-order valence-electron chi connectivity index (χ4n) is 9.75. The third kappa shape index (κ3) is 3.82. The SMILES string of the molecule is CC(CCc1nc2cccc(Cl)c2s1)[C@H]1CC[C@H]2[C@@H]3[C@H](O)C[C@@H]4C[C@H](O)CC[C@]4(C)[C@H]3C[C@H](O)[C@]12C. The minimum Gasteiger partial charge on any atom is -0.393 e. The molecule has 2 aromatic rings. The zero-order valence-corrected chi connectivity index (χ0v) is 23.4. The van der Waals surface area contributed by atoms with Gasteiger partial charge in [0.15, 0.2) is 0 Å². The van der Waals surface area contributed by atoms with Crippen LogP contribution in [0.5, 0.6) is 0 Å². The largest absolute Gasteiger partial charge is 0.393 e. The van der Waals surface area contributed by atoms with Gasteiger partial charge in [-0.15, -0.1) is 11.3 Å². The van der Waals surface area contributed by atoms with E-state index < -0.39 is 0 Å². The van der Waals surface area contributed by atoms with Crippen LogP contribution < -0.4 is 0 Å². The highest BCUT2D eigenvalue weighted by molar-refractivity contribution is 7.19. The van der Waals surface area contributed by atoms with E-state index >= 15 is 0 Å². The highest BCUT2D eigenvalue weighted by atomic mass is 35.5. The molecule has 0 aliphatic heterocycles. The van der Waals surface area contributed by atoms with Gasteiger partial charge in [0.1, 0.15) is 0 Å². The number of thiazole rings is 1. The Hall–Kier alpha value is -0.720. The van der Waals surface area contributed by atoms with E-state index in [0.29, 0.717) is 29.6 Å². The Labute approximate surface area is 224 Å². The normalized spacial score (nSPS) is 45.2. The minimum atomic E-state index is -0.324. The van der Waals surface area contributed by atoms with E-state index in [0.717, 1.165) is 78.0 Å². The quantitative estimate of drug-likeness (QED) is 0.422. The van der Waals surface area contributed by atoms with Gasteiger partial charge < -0.3 is 15.3 Å². The van der Waals surface area contributed by atoms with Crippen LogP contribution in [0, 0.1) is 46.3 Å². The molecule has 0 amide bonds. The van der Waals surface area contributed by atoms with Crippen molar-refractivity contribution in [3.63, 3.8) is 0 Å². The Morgan fingerprint density at radius 2 is 1.89 bits per heavy atom. The Morgan fingerprint density at radius 1 is 1.08 bits per heavy atom. The molecule has 4 nitrogen and oxygen atoms in total. The van der Waals surface area contributed by atoms with Crippen LogP contribution in [0.25, 0.3) is 10.2 Å². The first-order chi connectivity index (χ1) is 17.1. The standard InChI is InChI=1S/C30H42ClNO3S/c1-16(7-10-26-32-23-6-4-5-22(31)28(23)36-26)19-8-9-20-27-21(15-25(35)30(19,20)3)29(2)12-11-18(33)13-17(29)14-24(27)34/h4-6,16-21,24-25,27,33-35H,7-15H2,1-3H3/t16?,17-,18+,19+,20-,21-,24+,25-,27-,29-,30+/m0/s1. The molecule has 198 valence electrons. The van der Waals surface area contributed by atoms with Gasteiger partial charge in [-0.05, 0) is 116 Å². The number of fused-ring (bicyclic) bond motifs is 6. The van der Waals surface area contributed by atoms with Gasteiger partial charge >= 0.3 is 0 Å². The summed E-state index contributed by atoms with van der Waals surface area (Å²) in [5.41, 5.74) is 0.976. The third-order valence-corrected chi connectivity index (χ3v) is 13.3. The first kappa shape index (κ1) is 25.6. The molecule has 11 atom stereocenters. The zero-order chi connectivity index (χ0) is 25.4. The molecule has 36 heavy (non-hydrogen) atoms. The van der Waals surface area contributed by atoms with E-state index in [4.69, 9.17) is 16.6 Å². The van der Waals surface area contributed by atoms with Gasteiger partial charge in [-0.25, -0.2) is 4.98 Å². The van der Waals surface area contributed by atoms with Crippen molar-refractivity contribution in [3.8, 4) is 0 Å². The summed E-state index contributed by atoms with van der Waals surface area (Å²) in [6.45, 7) is 7.12. The lowest BCUT2D eigenvalue weighted by Crippen LogP contribution is -2.62. The highest BCUT2D eigenvalue weighted by Gasteiger charge is 2.65. The van der Waals surface area contributed by atoms with Crippen LogP contribution in [-0.4, -0.2) is 38.6 Å². The average Bonchev–Trinajstić information content (AvgIpc) is 3.42. The second-order valence-electron chi connectivity index (χ2n) is 13.2. The van der Waals surface area contributed by atoms with E-state index in [1.165, 1.54) is 0 Å². The maximum Gasteiger partial charge on any atom is 0.0939 e. The predicted octanol–water partition coefficient (Wildman–Crippen LogP) is 6.48. The van der Waals surface area contributed by atoms with Crippen molar-refractivity contribution in [1.29, 1.82) is 0 Å². The first-order valence-electron chi connectivity index (χ1n) is 14.2. The van der Waals surface area contributed by atoms with Crippen LogP contribution in [0.2, 0.25) is 5.02 Å². The topological polar surface area (TPSA) is 73.6 Å². The molecule has 4 saturated carbocycles. The van der Waals surface area contributed by atoms with Crippen molar-refractivity contribution in [3.05, 3.63) is 28.2 Å². The fraction of sp³-hybridized carbons (Fsp3) is 0.767. The van der Waals surface area contributed by atoms with Crippen molar-refractivity contribution in [2.75, 3.05) is 0 Å². The monoisotopic (exact) mass is 531 g/mol. The lowest BCUT2D eigenvalue weighted by molar-refractivity contribution is -0.207. The number of nitrogens with zero attached hydrogens (tertiary/aromatic N) is 1. The molecule has 0 radical (unpaired) electrons. The molecule has 0 saturated heterocycles. The summed E-state index contributed by atoms with van der Waals surface area (Å²) >= 11 is 8.10. The van der Waals surface area contributed by atoms with Crippen LogP contribution in [0.3, 0.4) is 0 Å². The molecule has 4 aliphatic rings. The van der Waals surface area contributed by atoms with Gasteiger partial charge in [0.05, 0.1) is 38.6 Å². The first-order valence-corrected chi connectivity index (χ1v) is 15.4. The van der Waals surface area contributed by atoms with Crippen LogP contribution in [0.1, 0.15) is 77.1 Å². The summed E-state index contributed by atoms with van der Waals surface area (Å²) in [5, 5.41) is 35.5. The second-order valence-corrected chi connectivity index (χ2v) is 14.7. The smallest absolute Gasteiger partial charge is 0.0939 e. The molecule has 1 heterocycles. The maximum atomic E-state index is 11.8. The predicted molar refractivity (Wildman–Crippen MR) is 146 cm³/mol. The van der Waals surface area contributed by atoms with E-state index in [2.05, 4.69) is 20.8 Å². The molecule has 4 aliphatic carbocycles. The molecule has 0 bridgehead atoms. The van der Waals surface area contributed by atoms with E-state index in [-0.39, 0.29) is 35.1 Å². The van der Waals surface area contributed by atoms with Crippen LogP contribution in [0.4, 0.5) is 0 Å². The van der Waals surface area contributed by atoms with Gasteiger partial charge in [0, 0.05) is 0 Å². The van der Waals surface area contributed by atoms with E-state index in [9.17, 15) is 15.3 Å². The average molecular weight is 532 g/mol. The van der Waals surface area contributed by atoms with Crippen molar-refractivity contribution in [1.82, 2.24) is 4.98 Å². The van der Waals surface area contributed by atoms with Gasteiger partial charge in [-0.1, -0.05) is 38.4 Å². The number of aryl methyl sites for hydroxylation is 1. The van der Waals surface area contributed by atoms with Crippen molar-refractivity contribution in [2.45, 2.75) is 96.9 Å². The summed E-state index contributed by atoms with van der Waals surface area (Å²) in [4.78, 5) is 4.83. The number of aromatic nitrogens is 1. The van der Waals surface area contributed by atoms with Gasteiger partial charge in [0.2, 0.25) is 0 Å². The molecular formula is C30H42ClNO3S. The molecule has 1 aromatic heterocycles. The summed E-state index contributed by atoms with van der Waals surface area (Å²) in [6, 6.07) is 5.94. The maximum absolute atomic E-state index is 11.8. The van der Waals surface area contributed by atoms with Gasteiger partial charge in [-0.3, -0.25) is 0 Å². The van der Waals surface area contributed by atoms with Gasteiger partial charge in [-0.2, -0.15) is 0 Å². The lowest BCUT2D eigenvalue weighted by atomic mass is 9.43. The number of halogens is 1. The molecule has 4 fully saturated rings. The Bertz CT molecular complexity index is 1120. The lowest BCUT2D eigenvalue weighted by Gasteiger charge is -2.63. The Kier molecular flexibility index (Phi) is 6.52. The molecular weight excluding hydrogens is 490 g/mol. The highest BCUT2D eigenvalue weighted by Crippen LogP contribution is 2.68. The number of hydrogen-bond donors (Lipinski definition) is 3. The molecule has 3 N–H and O–H groups in total. The van der Waals surface area contributed by atoms with Crippen molar-refractivity contribution < 1.29 is 15.3 Å². The summed E-state index contributed by atoms with van der Waals surface area (Å²) < 4.78 is 1.08. The summed E-state index contributed by atoms with van der Waals surface area (Å²) in [6.07, 6.45) is 7.71. The molecule has 6 heteroatoms. The minimum absolute atomic E-state index is 0.128. The van der Waals surface area contributed by atoms with Crippen molar-refractivity contribution in [2.24, 2.45) is 46.3 Å². The van der Waals surface area contributed by atoms with Crippen LogP contribution >= 0.6 is 22.9 Å². The van der Waals surface area contributed by atoms with Gasteiger partial charge in [0.25, 0.3) is 0 Å². The number of rotatable bonds is 4. The van der Waals surface area contributed by atoms with Crippen LogP contribution in [0.15, 0.2) is 18.2 Å². The molecule has 1 unspecified atom stereocenters. The van der Waals surface area contributed by atoms with E-state index in [1.807, 2.05) is 18.2 Å². The fourth-order valence-corrected chi connectivity index (χ4v) is 11.0. The number of benzene rings is 1. The summed E-state index contributed by atoms with van der Waals surface area (Å²) in [5.74, 6) is 2.32. The Balaban J connectivity index is 1.21. The zero-order valence-electron chi connectivity index (χ0n) is 21.9.